The molecule has 0 saturated carbocycles. The SMILES string of the molecule is CC1CCN(CC(=O)N2c3ccccc3CC2C)C1CO. The average Bonchev–Trinajstić information content (AvgIpc) is 2.97. The van der Waals surface area contributed by atoms with Gasteiger partial charge in [-0.2, -0.15) is 0 Å². The minimum Gasteiger partial charge on any atom is -0.395 e. The van der Waals surface area contributed by atoms with E-state index in [9.17, 15) is 9.90 Å². The number of hydrogen-bond donors (Lipinski definition) is 1. The quantitative estimate of drug-likeness (QED) is 0.920. The smallest absolute Gasteiger partial charge is 0.241 e. The van der Waals surface area contributed by atoms with E-state index in [1.807, 2.05) is 23.1 Å². The Labute approximate surface area is 126 Å². The van der Waals surface area contributed by atoms with Crippen LogP contribution in [0.2, 0.25) is 0 Å². The molecule has 2 heterocycles. The molecular weight excluding hydrogens is 264 g/mol. The molecule has 1 N–H and O–H groups in total. The number of aliphatic hydroxyl groups is 1. The van der Waals surface area contributed by atoms with E-state index in [0.29, 0.717) is 12.5 Å². The zero-order valence-electron chi connectivity index (χ0n) is 12.8. The number of carbonyl (C=O) groups excluding carboxylic acids is 1. The van der Waals surface area contributed by atoms with Crippen molar-refractivity contribution in [3.8, 4) is 0 Å². The number of aliphatic hydroxyl groups excluding tert-OH is 1. The lowest BCUT2D eigenvalue weighted by atomic mass is 10.0. The number of fused-ring (bicyclic) bond motifs is 1. The maximum Gasteiger partial charge on any atom is 0.241 e. The van der Waals surface area contributed by atoms with E-state index in [-0.39, 0.29) is 24.6 Å². The van der Waals surface area contributed by atoms with Crippen molar-refractivity contribution < 1.29 is 9.90 Å². The normalized spacial score (nSPS) is 28.9. The van der Waals surface area contributed by atoms with Crippen molar-refractivity contribution in [2.24, 2.45) is 5.92 Å². The first-order valence-electron chi connectivity index (χ1n) is 7.86. The fraction of sp³-hybridized carbons (Fsp3) is 0.588. The summed E-state index contributed by atoms with van der Waals surface area (Å²) in [6.07, 6.45) is 1.99. The summed E-state index contributed by atoms with van der Waals surface area (Å²) in [5.74, 6) is 0.617. The maximum atomic E-state index is 12.7. The zero-order chi connectivity index (χ0) is 15.0. The number of benzene rings is 1. The molecule has 4 nitrogen and oxygen atoms in total. The molecule has 1 aromatic carbocycles. The molecule has 3 rings (SSSR count). The molecular formula is C17H24N2O2. The van der Waals surface area contributed by atoms with Crippen LogP contribution >= 0.6 is 0 Å². The number of nitrogens with zero attached hydrogens (tertiary/aromatic N) is 2. The Hall–Kier alpha value is -1.39. The van der Waals surface area contributed by atoms with Gasteiger partial charge in [0.25, 0.3) is 0 Å². The van der Waals surface area contributed by atoms with Crippen molar-refractivity contribution in [2.45, 2.75) is 38.8 Å². The highest BCUT2D eigenvalue weighted by atomic mass is 16.3. The van der Waals surface area contributed by atoms with E-state index in [0.717, 1.165) is 25.1 Å². The molecule has 3 atom stereocenters. The maximum absolute atomic E-state index is 12.7. The highest BCUT2D eigenvalue weighted by Gasteiger charge is 2.35. The number of amides is 1. The Morgan fingerprint density at radius 3 is 2.86 bits per heavy atom. The molecule has 1 fully saturated rings. The first-order valence-corrected chi connectivity index (χ1v) is 7.86. The first kappa shape index (κ1) is 14.5. The first-order chi connectivity index (χ1) is 10.1. The summed E-state index contributed by atoms with van der Waals surface area (Å²) in [6.45, 7) is 5.71. The predicted octanol–water partition coefficient (Wildman–Crippen LogP) is 1.67. The second-order valence-electron chi connectivity index (χ2n) is 6.43. The summed E-state index contributed by atoms with van der Waals surface area (Å²) >= 11 is 0. The highest BCUT2D eigenvalue weighted by molar-refractivity contribution is 5.97. The lowest BCUT2D eigenvalue weighted by Gasteiger charge is -2.29. The molecule has 0 radical (unpaired) electrons. The number of hydrogen-bond acceptors (Lipinski definition) is 3. The van der Waals surface area contributed by atoms with Crippen LogP contribution in [0.5, 0.6) is 0 Å². The minimum atomic E-state index is 0.127. The van der Waals surface area contributed by atoms with Gasteiger partial charge >= 0.3 is 0 Å². The van der Waals surface area contributed by atoms with E-state index in [4.69, 9.17) is 0 Å². The lowest BCUT2D eigenvalue weighted by molar-refractivity contribution is -0.120. The summed E-state index contributed by atoms with van der Waals surface area (Å²) in [5, 5.41) is 9.53. The third-order valence-electron chi connectivity index (χ3n) is 5.00. The van der Waals surface area contributed by atoms with Crippen molar-refractivity contribution >= 4 is 11.6 Å². The Morgan fingerprint density at radius 1 is 1.33 bits per heavy atom. The molecule has 1 amide bonds. The zero-order valence-corrected chi connectivity index (χ0v) is 12.8. The summed E-state index contributed by atoms with van der Waals surface area (Å²) in [5.41, 5.74) is 2.31. The Bertz CT molecular complexity index is 531. The molecule has 1 saturated heterocycles. The largest absolute Gasteiger partial charge is 0.395 e. The van der Waals surface area contributed by atoms with Crippen LogP contribution in [-0.4, -0.2) is 47.7 Å². The van der Waals surface area contributed by atoms with E-state index < -0.39 is 0 Å². The standard InChI is InChI=1S/C17H24N2O2/c1-12-7-8-18(16(12)11-20)10-17(21)19-13(2)9-14-5-3-4-6-15(14)19/h3-6,12-13,16,20H,7-11H2,1-2H3. The average molecular weight is 288 g/mol. The second kappa shape index (κ2) is 5.78. The lowest BCUT2D eigenvalue weighted by Crippen LogP contribution is -2.46. The van der Waals surface area contributed by atoms with Gasteiger partial charge in [-0.05, 0) is 43.9 Å². The van der Waals surface area contributed by atoms with Gasteiger partial charge in [0.05, 0.1) is 13.2 Å². The van der Waals surface area contributed by atoms with Crippen molar-refractivity contribution in [1.29, 1.82) is 0 Å². The van der Waals surface area contributed by atoms with Gasteiger partial charge in [0, 0.05) is 17.8 Å². The predicted molar refractivity (Wildman–Crippen MR) is 83.3 cm³/mol. The van der Waals surface area contributed by atoms with Gasteiger partial charge in [-0.25, -0.2) is 0 Å². The van der Waals surface area contributed by atoms with Crippen molar-refractivity contribution in [3.05, 3.63) is 29.8 Å². The Kier molecular flexibility index (Phi) is 4.00. The summed E-state index contributed by atoms with van der Waals surface area (Å²) in [7, 11) is 0. The molecule has 114 valence electrons. The van der Waals surface area contributed by atoms with Crippen LogP contribution in [0.1, 0.15) is 25.8 Å². The molecule has 3 unspecified atom stereocenters. The third-order valence-corrected chi connectivity index (χ3v) is 5.00. The Balaban J connectivity index is 1.74. The molecule has 0 spiro atoms. The third kappa shape index (κ3) is 2.58. The fourth-order valence-electron chi connectivity index (χ4n) is 3.77. The fourth-order valence-corrected chi connectivity index (χ4v) is 3.77. The Morgan fingerprint density at radius 2 is 2.10 bits per heavy atom. The highest BCUT2D eigenvalue weighted by Crippen LogP contribution is 2.32. The number of anilines is 1. The molecule has 21 heavy (non-hydrogen) atoms. The molecule has 4 heteroatoms. The minimum absolute atomic E-state index is 0.127. The molecule has 0 bridgehead atoms. The van der Waals surface area contributed by atoms with Gasteiger partial charge in [0.2, 0.25) is 5.91 Å². The summed E-state index contributed by atoms with van der Waals surface area (Å²) < 4.78 is 0. The van der Waals surface area contributed by atoms with Crippen LogP contribution in [0.25, 0.3) is 0 Å². The number of carbonyl (C=O) groups is 1. The van der Waals surface area contributed by atoms with Gasteiger partial charge in [-0.1, -0.05) is 25.1 Å². The van der Waals surface area contributed by atoms with E-state index in [1.54, 1.807) is 0 Å². The van der Waals surface area contributed by atoms with Crippen molar-refractivity contribution in [2.75, 3.05) is 24.6 Å². The monoisotopic (exact) mass is 288 g/mol. The van der Waals surface area contributed by atoms with Gasteiger partial charge in [-0.3, -0.25) is 9.69 Å². The summed E-state index contributed by atoms with van der Waals surface area (Å²) in [6, 6.07) is 8.51. The van der Waals surface area contributed by atoms with Crippen LogP contribution in [0, 0.1) is 5.92 Å². The van der Waals surface area contributed by atoms with Crippen molar-refractivity contribution in [3.63, 3.8) is 0 Å². The van der Waals surface area contributed by atoms with Gasteiger partial charge in [0.1, 0.15) is 0 Å². The number of para-hydroxylation sites is 1. The molecule has 2 aliphatic heterocycles. The van der Waals surface area contributed by atoms with Crippen LogP contribution < -0.4 is 4.90 Å². The molecule has 1 aromatic rings. The van der Waals surface area contributed by atoms with Gasteiger partial charge in [0.15, 0.2) is 0 Å². The van der Waals surface area contributed by atoms with E-state index in [1.165, 1.54) is 5.56 Å². The molecule has 0 aromatic heterocycles. The van der Waals surface area contributed by atoms with Gasteiger partial charge in [-0.15, -0.1) is 0 Å². The van der Waals surface area contributed by atoms with E-state index in [2.05, 4.69) is 24.8 Å². The van der Waals surface area contributed by atoms with Crippen molar-refractivity contribution in [1.82, 2.24) is 4.90 Å². The van der Waals surface area contributed by atoms with Crippen LogP contribution in [0.4, 0.5) is 5.69 Å². The molecule has 2 aliphatic rings. The van der Waals surface area contributed by atoms with Crippen LogP contribution in [0.15, 0.2) is 24.3 Å². The van der Waals surface area contributed by atoms with Gasteiger partial charge < -0.3 is 10.0 Å². The number of rotatable bonds is 3. The van der Waals surface area contributed by atoms with Crippen LogP contribution in [0.3, 0.4) is 0 Å². The van der Waals surface area contributed by atoms with Crippen LogP contribution in [-0.2, 0) is 11.2 Å². The summed E-state index contributed by atoms with van der Waals surface area (Å²) in [4.78, 5) is 16.8. The second-order valence-corrected chi connectivity index (χ2v) is 6.43. The topological polar surface area (TPSA) is 43.8 Å². The number of likely N-dealkylation sites (tertiary alicyclic amines) is 1. The van der Waals surface area contributed by atoms with E-state index >= 15 is 0 Å². The molecule has 0 aliphatic carbocycles.